The first-order valence-electron chi connectivity index (χ1n) is 6.76. The maximum absolute atomic E-state index is 14.1. The molecular weight excluding hydrogens is 253 g/mol. The SMILES string of the molecule is COc1cccc(-c2ccc(CNC(C)C)c(F)c2)c1. The second-order valence-electron chi connectivity index (χ2n) is 5.07. The number of rotatable bonds is 5. The highest BCUT2D eigenvalue weighted by Crippen LogP contribution is 2.25. The molecule has 0 aliphatic rings. The van der Waals surface area contributed by atoms with Crippen molar-refractivity contribution in [3.8, 4) is 16.9 Å². The summed E-state index contributed by atoms with van der Waals surface area (Å²) in [5, 5.41) is 3.22. The highest BCUT2D eigenvalue weighted by Gasteiger charge is 2.06. The fourth-order valence-electron chi connectivity index (χ4n) is 1.99. The molecule has 2 aromatic carbocycles. The monoisotopic (exact) mass is 273 g/mol. The number of halogens is 1. The van der Waals surface area contributed by atoms with Gasteiger partial charge in [0.2, 0.25) is 0 Å². The van der Waals surface area contributed by atoms with E-state index in [0.717, 1.165) is 16.9 Å². The number of nitrogens with one attached hydrogen (secondary N) is 1. The van der Waals surface area contributed by atoms with E-state index < -0.39 is 0 Å². The summed E-state index contributed by atoms with van der Waals surface area (Å²) in [7, 11) is 1.63. The molecule has 0 heterocycles. The van der Waals surface area contributed by atoms with Crippen LogP contribution in [0.1, 0.15) is 19.4 Å². The number of hydrogen-bond donors (Lipinski definition) is 1. The van der Waals surface area contributed by atoms with Crippen LogP contribution in [0.15, 0.2) is 42.5 Å². The van der Waals surface area contributed by atoms with Gasteiger partial charge < -0.3 is 10.1 Å². The predicted molar refractivity (Wildman–Crippen MR) is 80.4 cm³/mol. The molecule has 0 spiro atoms. The van der Waals surface area contributed by atoms with Gasteiger partial charge in [0, 0.05) is 18.2 Å². The van der Waals surface area contributed by atoms with Crippen LogP contribution < -0.4 is 10.1 Å². The fraction of sp³-hybridized carbons (Fsp3) is 0.294. The summed E-state index contributed by atoms with van der Waals surface area (Å²) in [5.41, 5.74) is 2.49. The smallest absolute Gasteiger partial charge is 0.128 e. The average molecular weight is 273 g/mol. The van der Waals surface area contributed by atoms with Gasteiger partial charge in [0.15, 0.2) is 0 Å². The Bertz CT molecular complexity index is 581. The molecule has 0 aromatic heterocycles. The fourth-order valence-corrected chi connectivity index (χ4v) is 1.99. The van der Waals surface area contributed by atoms with E-state index in [4.69, 9.17) is 4.74 Å². The molecule has 0 saturated heterocycles. The zero-order chi connectivity index (χ0) is 14.5. The standard InChI is InChI=1S/C17H20FNO/c1-12(2)19-11-15-8-7-14(10-17(15)18)13-5-4-6-16(9-13)20-3/h4-10,12,19H,11H2,1-3H3. The van der Waals surface area contributed by atoms with Crippen molar-refractivity contribution in [1.82, 2.24) is 5.32 Å². The number of methoxy groups -OCH3 is 1. The van der Waals surface area contributed by atoms with E-state index in [1.807, 2.05) is 50.2 Å². The van der Waals surface area contributed by atoms with Crippen molar-refractivity contribution in [2.75, 3.05) is 7.11 Å². The van der Waals surface area contributed by atoms with Crippen molar-refractivity contribution in [2.45, 2.75) is 26.4 Å². The lowest BCUT2D eigenvalue weighted by atomic mass is 10.0. The van der Waals surface area contributed by atoms with E-state index in [2.05, 4.69) is 5.32 Å². The van der Waals surface area contributed by atoms with Crippen LogP contribution in [0.2, 0.25) is 0 Å². The van der Waals surface area contributed by atoms with Crippen molar-refractivity contribution >= 4 is 0 Å². The highest BCUT2D eigenvalue weighted by molar-refractivity contribution is 5.65. The summed E-state index contributed by atoms with van der Waals surface area (Å²) in [6, 6.07) is 13.3. The van der Waals surface area contributed by atoms with Gasteiger partial charge in [0.25, 0.3) is 0 Å². The zero-order valence-corrected chi connectivity index (χ0v) is 12.1. The molecule has 0 radical (unpaired) electrons. The molecule has 0 amide bonds. The van der Waals surface area contributed by atoms with Gasteiger partial charge in [-0.25, -0.2) is 4.39 Å². The molecule has 0 fully saturated rings. The van der Waals surface area contributed by atoms with Gasteiger partial charge in [0.1, 0.15) is 11.6 Å². The molecule has 1 N–H and O–H groups in total. The first-order valence-corrected chi connectivity index (χ1v) is 6.76. The number of ether oxygens (including phenoxy) is 1. The molecule has 0 aliphatic heterocycles. The zero-order valence-electron chi connectivity index (χ0n) is 12.1. The van der Waals surface area contributed by atoms with Crippen molar-refractivity contribution in [2.24, 2.45) is 0 Å². The molecule has 0 bridgehead atoms. The Morgan fingerprint density at radius 1 is 1.10 bits per heavy atom. The molecule has 106 valence electrons. The summed E-state index contributed by atoms with van der Waals surface area (Å²) in [6.45, 7) is 4.63. The number of hydrogen-bond acceptors (Lipinski definition) is 2. The van der Waals surface area contributed by atoms with Crippen LogP contribution in [0.25, 0.3) is 11.1 Å². The quantitative estimate of drug-likeness (QED) is 0.889. The van der Waals surface area contributed by atoms with Gasteiger partial charge in [-0.05, 0) is 29.3 Å². The van der Waals surface area contributed by atoms with E-state index in [-0.39, 0.29) is 5.82 Å². The third kappa shape index (κ3) is 3.58. The Hall–Kier alpha value is -1.87. The highest BCUT2D eigenvalue weighted by atomic mass is 19.1. The third-order valence-corrected chi connectivity index (χ3v) is 3.16. The molecule has 0 saturated carbocycles. The first-order chi connectivity index (χ1) is 9.60. The molecule has 0 atom stereocenters. The maximum atomic E-state index is 14.1. The Balaban J connectivity index is 2.23. The molecule has 2 nitrogen and oxygen atoms in total. The van der Waals surface area contributed by atoms with Crippen molar-refractivity contribution in [3.05, 3.63) is 53.8 Å². The Morgan fingerprint density at radius 3 is 2.50 bits per heavy atom. The Kier molecular flexibility index (Phi) is 4.74. The molecule has 2 aromatic rings. The minimum Gasteiger partial charge on any atom is -0.497 e. The van der Waals surface area contributed by atoms with Gasteiger partial charge >= 0.3 is 0 Å². The average Bonchev–Trinajstić information content (AvgIpc) is 2.46. The van der Waals surface area contributed by atoms with E-state index in [1.54, 1.807) is 13.2 Å². The Labute approximate surface area is 119 Å². The minimum absolute atomic E-state index is 0.182. The second-order valence-corrected chi connectivity index (χ2v) is 5.07. The minimum atomic E-state index is -0.182. The van der Waals surface area contributed by atoms with E-state index >= 15 is 0 Å². The first kappa shape index (κ1) is 14.5. The normalized spacial score (nSPS) is 10.8. The number of benzene rings is 2. The predicted octanol–water partition coefficient (Wildman–Crippen LogP) is 4.00. The summed E-state index contributed by atoms with van der Waals surface area (Å²) in [5.74, 6) is 0.590. The second kappa shape index (κ2) is 6.53. The van der Waals surface area contributed by atoms with Crippen molar-refractivity contribution in [1.29, 1.82) is 0 Å². The lowest BCUT2D eigenvalue weighted by Crippen LogP contribution is -2.22. The molecule has 2 rings (SSSR count). The lowest BCUT2D eigenvalue weighted by molar-refractivity contribution is 0.415. The van der Waals surface area contributed by atoms with Crippen LogP contribution >= 0.6 is 0 Å². The molecule has 0 unspecified atom stereocenters. The van der Waals surface area contributed by atoms with E-state index in [9.17, 15) is 4.39 Å². The van der Waals surface area contributed by atoms with Crippen molar-refractivity contribution in [3.63, 3.8) is 0 Å². The van der Waals surface area contributed by atoms with Gasteiger partial charge in [-0.1, -0.05) is 38.1 Å². The summed E-state index contributed by atoms with van der Waals surface area (Å²) >= 11 is 0. The maximum Gasteiger partial charge on any atom is 0.128 e. The lowest BCUT2D eigenvalue weighted by Gasteiger charge is -2.10. The van der Waals surface area contributed by atoms with Crippen LogP contribution in [0.4, 0.5) is 4.39 Å². The molecule has 0 aliphatic carbocycles. The van der Waals surface area contributed by atoms with Crippen molar-refractivity contribution < 1.29 is 9.13 Å². The van der Waals surface area contributed by atoms with Gasteiger partial charge in [-0.2, -0.15) is 0 Å². The summed E-state index contributed by atoms with van der Waals surface area (Å²) < 4.78 is 19.3. The molecular formula is C17H20FNO. The third-order valence-electron chi connectivity index (χ3n) is 3.16. The Morgan fingerprint density at radius 2 is 1.85 bits per heavy atom. The van der Waals surface area contributed by atoms with E-state index in [0.29, 0.717) is 18.2 Å². The van der Waals surface area contributed by atoms with Crippen LogP contribution in [0.5, 0.6) is 5.75 Å². The van der Waals surface area contributed by atoms with Gasteiger partial charge in [0.05, 0.1) is 7.11 Å². The largest absolute Gasteiger partial charge is 0.497 e. The molecule has 3 heteroatoms. The van der Waals surface area contributed by atoms with Crippen LogP contribution in [-0.2, 0) is 6.54 Å². The van der Waals surface area contributed by atoms with Crippen LogP contribution in [0.3, 0.4) is 0 Å². The summed E-state index contributed by atoms with van der Waals surface area (Å²) in [6.07, 6.45) is 0. The van der Waals surface area contributed by atoms with Gasteiger partial charge in [-0.15, -0.1) is 0 Å². The van der Waals surface area contributed by atoms with Gasteiger partial charge in [-0.3, -0.25) is 0 Å². The van der Waals surface area contributed by atoms with Crippen LogP contribution in [0, 0.1) is 5.82 Å². The topological polar surface area (TPSA) is 21.3 Å². The van der Waals surface area contributed by atoms with E-state index in [1.165, 1.54) is 0 Å². The molecule has 20 heavy (non-hydrogen) atoms. The summed E-state index contributed by atoms with van der Waals surface area (Å²) in [4.78, 5) is 0. The van der Waals surface area contributed by atoms with Crippen LogP contribution in [-0.4, -0.2) is 13.2 Å².